The standard InChI is InChI=1S/C13H16ClNO5/c1-13(2,3)20-11(12(16)19-4)9-7-8(15(17)18)5-6-10(9)14/h5-7,11H,1-4H3. The second kappa shape index (κ2) is 6.19. The predicted octanol–water partition coefficient (Wildman–Crippen LogP) is 3.28. The van der Waals surface area contributed by atoms with Crippen LogP contribution in [0.25, 0.3) is 0 Å². The Morgan fingerprint density at radius 3 is 2.45 bits per heavy atom. The van der Waals surface area contributed by atoms with E-state index in [1.807, 2.05) is 0 Å². The van der Waals surface area contributed by atoms with E-state index in [1.54, 1.807) is 20.8 Å². The molecule has 0 N–H and O–H groups in total. The minimum atomic E-state index is -1.12. The number of nitro groups is 1. The number of halogens is 1. The van der Waals surface area contributed by atoms with Gasteiger partial charge in [0.25, 0.3) is 5.69 Å². The van der Waals surface area contributed by atoms with Gasteiger partial charge in [0, 0.05) is 22.7 Å². The molecule has 6 nitrogen and oxygen atoms in total. The molecule has 0 saturated carbocycles. The number of methoxy groups -OCH3 is 1. The van der Waals surface area contributed by atoms with Crippen LogP contribution in [-0.4, -0.2) is 23.6 Å². The highest BCUT2D eigenvalue weighted by molar-refractivity contribution is 6.31. The largest absolute Gasteiger partial charge is 0.467 e. The van der Waals surface area contributed by atoms with E-state index in [2.05, 4.69) is 4.74 Å². The maximum atomic E-state index is 11.8. The number of esters is 1. The average molecular weight is 302 g/mol. The van der Waals surface area contributed by atoms with E-state index in [4.69, 9.17) is 16.3 Å². The van der Waals surface area contributed by atoms with Gasteiger partial charge in [0.15, 0.2) is 6.10 Å². The van der Waals surface area contributed by atoms with Crippen molar-refractivity contribution in [3.8, 4) is 0 Å². The van der Waals surface area contributed by atoms with Gasteiger partial charge in [0.05, 0.1) is 17.6 Å². The van der Waals surface area contributed by atoms with Crippen molar-refractivity contribution in [3.63, 3.8) is 0 Å². The highest BCUT2D eigenvalue weighted by Crippen LogP contribution is 2.33. The lowest BCUT2D eigenvalue weighted by atomic mass is 10.1. The minimum absolute atomic E-state index is 0.171. The number of ether oxygens (including phenoxy) is 2. The summed E-state index contributed by atoms with van der Waals surface area (Å²) in [7, 11) is 1.21. The maximum Gasteiger partial charge on any atom is 0.339 e. The Labute approximate surface area is 121 Å². The van der Waals surface area contributed by atoms with Crippen LogP contribution < -0.4 is 0 Å². The van der Waals surface area contributed by atoms with Gasteiger partial charge >= 0.3 is 5.97 Å². The SMILES string of the molecule is COC(=O)C(OC(C)(C)C)c1cc([N+](=O)[O-])ccc1Cl. The van der Waals surface area contributed by atoms with E-state index >= 15 is 0 Å². The summed E-state index contributed by atoms with van der Waals surface area (Å²) in [6, 6.07) is 3.84. The molecule has 0 radical (unpaired) electrons. The molecule has 1 rings (SSSR count). The summed E-state index contributed by atoms with van der Waals surface area (Å²) in [6.07, 6.45) is -1.12. The van der Waals surface area contributed by atoms with Crippen molar-refractivity contribution in [1.29, 1.82) is 0 Å². The first-order chi connectivity index (χ1) is 9.15. The summed E-state index contributed by atoms with van der Waals surface area (Å²) in [5.41, 5.74) is -0.606. The molecule has 0 spiro atoms. The van der Waals surface area contributed by atoms with E-state index in [-0.39, 0.29) is 16.3 Å². The van der Waals surface area contributed by atoms with Crippen LogP contribution in [0.15, 0.2) is 18.2 Å². The Balaban J connectivity index is 3.29. The summed E-state index contributed by atoms with van der Waals surface area (Å²) in [6.45, 7) is 5.27. The molecule has 0 aliphatic rings. The van der Waals surface area contributed by atoms with Gasteiger partial charge in [-0.05, 0) is 26.8 Å². The molecule has 1 aromatic rings. The summed E-state index contributed by atoms with van der Waals surface area (Å²) in [4.78, 5) is 22.1. The number of hydrogen-bond acceptors (Lipinski definition) is 5. The highest BCUT2D eigenvalue weighted by atomic mass is 35.5. The van der Waals surface area contributed by atoms with Gasteiger partial charge in [-0.3, -0.25) is 10.1 Å². The third-order valence-electron chi connectivity index (χ3n) is 2.36. The van der Waals surface area contributed by atoms with E-state index in [0.29, 0.717) is 0 Å². The number of non-ortho nitro benzene ring substituents is 1. The van der Waals surface area contributed by atoms with E-state index in [1.165, 1.54) is 25.3 Å². The number of hydrogen-bond donors (Lipinski definition) is 0. The highest BCUT2D eigenvalue weighted by Gasteiger charge is 2.30. The quantitative estimate of drug-likeness (QED) is 0.484. The van der Waals surface area contributed by atoms with Gasteiger partial charge in [-0.1, -0.05) is 11.6 Å². The van der Waals surface area contributed by atoms with Crippen LogP contribution in [0.5, 0.6) is 0 Å². The molecule has 20 heavy (non-hydrogen) atoms. The Morgan fingerprint density at radius 2 is 2.00 bits per heavy atom. The van der Waals surface area contributed by atoms with Crippen molar-refractivity contribution in [2.24, 2.45) is 0 Å². The monoisotopic (exact) mass is 301 g/mol. The third kappa shape index (κ3) is 4.18. The Hall–Kier alpha value is -1.66. The van der Waals surface area contributed by atoms with E-state index < -0.39 is 22.6 Å². The maximum absolute atomic E-state index is 11.8. The molecule has 0 aromatic heterocycles. The van der Waals surface area contributed by atoms with Crippen LogP contribution in [0, 0.1) is 10.1 Å². The molecule has 0 aliphatic heterocycles. The first-order valence-electron chi connectivity index (χ1n) is 5.85. The molecule has 0 heterocycles. The van der Waals surface area contributed by atoms with Gasteiger partial charge in [0.1, 0.15) is 0 Å². The Bertz CT molecular complexity index is 524. The molecular weight excluding hydrogens is 286 g/mol. The van der Waals surface area contributed by atoms with Crippen molar-refractivity contribution in [2.75, 3.05) is 7.11 Å². The smallest absolute Gasteiger partial charge is 0.339 e. The van der Waals surface area contributed by atoms with Crippen LogP contribution in [0.4, 0.5) is 5.69 Å². The molecule has 0 amide bonds. The fourth-order valence-electron chi connectivity index (χ4n) is 1.54. The van der Waals surface area contributed by atoms with Crippen LogP contribution >= 0.6 is 11.6 Å². The summed E-state index contributed by atoms with van der Waals surface area (Å²) in [5.74, 6) is -0.665. The number of carbonyl (C=O) groups is 1. The average Bonchev–Trinajstić information content (AvgIpc) is 2.34. The van der Waals surface area contributed by atoms with Crippen LogP contribution in [0.1, 0.15) is 32.4 Å². The number of rotatable bonds is 4. The molecule has 0 saturated heterocycles. The number of nitrogens with zero attached hydrogens (tertiary/aromatic N) is 1. The topological polar surface area (TPSA) is 78.7 Å². The zero-order valence-electron chi connectivity index (χ0n) is 11.7. The fraction of sp³-hybridized carbons (Fsp3) is 0.462. The zero-order chi connectivity index (χ0) is 15.5. The molecule has 0 bridgehead atoms. The van der Waals surface area contributed by atoms with Gasteiger partial charge in [-0.2, -0.15) is 0 Å². The number of benzene rings is 1. The molecular formula is C13H16ClNO5. The molecule has 1 aromatic carbocycles. The number of carbonyl (C=O) groups excluding carboxylic acids is 1. The second-order valence-corrected chi connectivity index (χ2v) is 5.50. The van der Waals surface area contributed by atoms with Gasteiger partial charge in [-0.15, -0.1) is 0 Å². The number of nitro benzene ring substituents is 1. The summed E-state index contributed by atoms with van der Waals surface area (Å²) < 4.78 is 10.3. The fourth-order valence-corrected chi connectivity index (χ4v) is 1.76. The van der Waals surface area contributed by atoms with Crippen molar-refractivity contribution < 1.29 is 19.2 Å². The first-order valence-corrected chi connectivity index (χ1v) is 6.23. The van der Waals surface area contributed by atoms with Crippen molar-refractivity contribution in [3.05, 3.63) is 38.9 Å². The molecule has 110 valence electrons. The van der Waals surface area contributed by atoms with Crippen LogP contribution in [-0.2, 0) is 14.3 Å². The molecule has 1 atom stereocenters. The van der Waals surface area contributed by atoms with E-state index in [0.717, 1.165) is 0 Å². The molecule has 0 fully saturated rings. The van der Waals surface area contributed by atoms with Gasteiger partial charge < -0.3 is 9.47 Å². The molecule has 7 heteroatoms. The third-order valence-corrected chi connectivity index (χ3v) is 2.70. The van der Waals surface area contributed by atoms with E-state index in [9.17, 15) is 14.9 Å². The Kier molecular flexibility index (Phi) is 5.08. The lowest BCUT2D eigenvalue weighted by molar-refractivity contribution is -0.385. The first kappa shape index (κ1) is 16.4. The molecule has 0 aliphatic carbocycles. The molecule has 1 unspecified atom stereocenters. The van der Waals surface area contributed by atoms with Gasteiger partial charge in [-0.25, -0.2) is 4.79 Å². The van der Waals surface area contributed by atoms with Crippen molar-refractivity contribution in [1.82, 2.24) is 0 Å². The summed E-state index contributed by atoms with van der Waals surface area (Å²) in [5, 5.41) is 11.0. The Morgan fingerprint density at radius 1 is 1.40 bits per heavy atom. The lowest BCUT2D eigenvalue weighted by Gasteiger charge is -2.26. The normalized spacial score (nSPS) is 12.8. The van der Waals surface area contributed by atoms with Crippen LogP contribution in [0.3, 0.4) is 0 Å². The zero-order valence-corrected chi connectivity index (χ0v) is 12.4. The second-order valence-electron chi connectivity index (χ2n) is 5.10. The minimum Gasteiger partial charge on any atom is -0.467 e. The van der Waals surface area contributed by atoms with Gasteiger partial charge in [0.2, 0.25) is 0 Å². The lowest BCUT2D eigenvalue weighted by Crippen LogP contribution is -2.28. The predicted molar refractivity (Wildman–Crippen MR) is 73.7 cm³/mol. The van der Waals surface area contributed by atoms with Crippen molar-refractivity contribution in [2.45, 2.75) is 32.5 Å². The van der Waals surface area contributed by atoms with Crippen LogP contribution in [0.2, 0.25) is 5.02 Å². The summed E-state index contributed by atoms with van der Waals surface area (Å²) >= 11 is 6.02. The van der Waals surface area contributed by atoms with Crippen molar-refractivity contribution >= 4 is 23.3 Å².